The van der Waals surface area contributed by atoms with Gasteiger partial charge in [0.05, 0.1) is 19.3 Å². The Hall–Kier alpha value is -3.16. The van der Waals surface area contributed by atoms with Crippen LogP contribution in [-0.2, 0) is 16.1 Å². The van der Waals surface area contributed by atoms with Crippen LogP contribution in [0.3, 0.4) is 0 Å². The van der Waals surface area contributed by atoms with Crippen molar-refractivity contribution in [2.24, 2.45) is 0 Å². The van der Waals surface area contributed by atoms with Gasteiger partial charge in [0.2, 0.25) is 12.7 Å². The average Bonchev–Trinajstić information content (AvgIpc) is 3.23. The van der Waals surface area contributed by atoms with Crippen LogP contribution < -0.4 is 20.1 Å². The maximum absolute atomic E-state index is 12.0. The first-order valence-electron chi connectivity index (χ1n) is 7.74. The highest BCUT2D eigenvalue weighted by molar-refractivity contribution is 5.94. The normalized spacial score (nSPS) is 11.9. The van der Waals surface area contributed by atoms with Crippen LogP contribution in [0, 0.1) is 6.92 Å². The van der Waals surface area contributed by atoms with Crippen LogP contribution in [0.2, 0.25) is 0 Å². The van der Waals surface area contributed by atoms with Gasteiger partial charge in [0, 0.05) is 12.2 Å². The van der Waals surface area contributed by atoms with Gasteiger partial charge in [-0.05, 0) is 30.7 Å². The van der Waals surface area contributed by atoms with Crippen molar-refractivity contribution in [3.63, 3.8) is 0 Å². The van der Waals surface area contributed by atoms with Crippen molar-refractivity contribution < 1.29 is 23.8 Å². The Labute approximate surface area is 144 Å². The summed E-state index contributed by atoms with van der Waals surface area (Å²) in [6.07, 6.45) is 0. The molecule has 2 heterocycles. The highest BCUT2D eigenvalue weighted by atomic mass is 16.7. The first kappa shape index (κ1) is 16.7. The number of amides is 1. The highest BCUT2D eigenvalue weighted by Gasteiger charge is 2.16. The lowest BCUT2D eigenvalue weighted by molar-refractivity contribution is -0.119. The SMILES string of the molecule is COC(=O)c1[nH]c(C)cc1NCC(=O)NCc1ccc2c(c1)OCO2. The molecule has 0 unspecified atom stereocenters. The molecule has 8 heteroatoms. The van der Waals surface area contributed by atoms with Crippen molar-refractivity contribution in [2.75, 3.05) is 25.8 Å². The lowest BCUT2D eigenvalue weighted by Gasteiger charge is -2.08. The quantitative estimate of drug-likeness (QED) is 0.687. The van der Waals surface area contributed by atoms with Crippen LogP contribution >= 0.6 is 0 Å². The average molecular weight is 345 g/mol. The molecule has 2 aromatic rings. The molecule has 8 nitrogen and oxygen atoms in total. The molecule has 1 amide bonds. The van der Waals surface area contributed by atoms with E-state index in [1.165, 1.54) is 7.11 Å². The molecule has 0 atom stereocenters. The van der Waals surface area contributed by atoms with Gasteiger partial charge in [0.15, 0.2) is 11.5 Å². The minimum absolute atomic E-state index is 0.0336. The number of aryl methyl sites for hydroxylation is 1. The summed E-state index contributed by atoms with van der Waals surface area (Å²) in [5.41, 5.74) is 2.53. The molecule has 1 aromatic heterocycles. The monoisotopic (exact) mass is 345 g/mol. The standard InChI is InChI=1S/C17H19N3O5/c1-10-5-12(16(20-10)17(22)23-2)18-8-15(21)19-7-11-3-4-13-14(6-11)25-9-24-13/h3-6,18,20H,7-9H2,1-2H3,(H,19,21). The van der Waals surface area contributed by atoms with Gasteiger partial charge < -0.3 is 29.8 Å². The number of methoxy groups -OCH3 is 1. The van der Waals surface area contributed by atoms with Gasteiger partial charge in [-0.1, -0.05) is 6.07 Å². The topological polar surface area (TPSA) is 102 Å². The number of esters is 1. The van der Waals surface area contributed by atoms with Crippen molar-refractivity contribution in [1.29, 1.82) is 0 Å². The maximum Gasteiger partial charge on any atom is 0.356 e. The number of fused-ring (bicyclic) bond motifs is 1. The van der Waals surface area contributed by atoms with Gasteiger partial charge in [-0.2, -0.15) is 0 Å². The number of anilines is 1. The molecule has 0 saturated heterocycles. The van der Waals surface area contributed by atoms with Gasteiger partial charge in [-0.3, -0.25) is 4.79 Å². The third-order valence-corrected chi connectivity index (χ3v) is 3.71. The smallest absolute Gasteiger partial charge is 0.356 e. The lowest BCUT2D eigenvalue weighted by atomic mass is 10.2. The van der Waals surface area contributed by atoms with E-state index >= 15 is 0 Å². The van der Waals surface area contributed by atoms with Crippen LogP contribution in [0.25, 0.3) is 0 Å². The molecule has 25 heavy (non-hydrogen) atoms. The van der Waals surface area contributed by atoms with E-state index in [4.69, 9.17) is 14.2 Å². The summed E-state index contributed by atoms with van der Waals surface area (Å²) in [6.45, 7) is 2.43. The summed E-state index contributed by atoms with van der Waals surface area (Å²) in [5, 5.41) is 5.74. The zero-order chi connectivity index (χ0) is 17.8. The zero-order valence-electron chi connectivity index (χ0n) is 14.0. The summed E-state index contributed by atoms with van der Waals surface area (Å²) in [7, 11) is 1.31. The number of carbonyl (C=O) groups excluding carboxylic acids is 2. The number of ether oxygens (including phenoxy) is 3. The number of carbonyl (C=O) groups is 2. The minimum Gasteiger partial charge on any atom is -0.464 e. The maximum atomic E-state index is 12.0. The number of aromatic nitrogens is 1. The van der Waals surface area contributed by atoms with Gasteiger partial charge in [0.25, 0.3) is 0 Å². The molecule has 0 saturated carbocycles. The Kier molecular flexibility index (Phi) is 4.78. The van der Waals surface area contributed by atoms with E-state index < -0.39 is 5.97 Å². The molecule has 0 spiro atoms. The van der Waals surface area contributed by atoms with Crippen LogP contribution in [0.1, 0.15) is 21.7 Å². The summed E-state index contributed by atoms with van der Waals surface area (Å²) >= 11 is 0. The van der Waals surface area contributed by atoms with E-state index in [1.54, 1.807) is 6.07 Å². The van der Waals surface area contributed by atoms with Crippen molar-refractivity contribution in [1.82, 2.24) is 10.3 Å². The van der Waals surface area contributed by atoms with Crippen LogP contribution in [-0.4, -0.2) is 37.3 Å². The van der Waals surface area contributed by atoms with Gasteiger partial charge in [-0.25, -0.2) is 4.79 Å². The highest BCUT2D eigenvalue weighted by Crippen LogP contribution is 2.32. The first-order valence-corrected chi connectivity index (χ1v) is 7.74. The fourth-order valence-electron chi connectivity index (χ4n) is 2.48. The van der Waals surface area contributed by atoms with Crippen molar-refractivity contribution in [2.45, 2.75) is 13.5 Å². The zero-order valence-corrected chi connectivity index (χ0v) is 14.0. The molecule has 0 radical (unpaired) electrons. The first-order chi connectivity index (χ1) is 12.1. The summed E-state index contributed by atoms with van der Waals surface area (Å²) in [4.78, 5) is 26.6. The van der Waals surface area contributed by atoms with Crippen LogP contribution in [0.15, 0.2) is 24.3 Å². The van der Waals surface area contributed by atoms with Gasteiger partial charge in [0.1, 0.15) is 5.69 Å². The predicted molar refractivity (Wildman–Crippen MR) is 89.8 cm³/mol. The molecule has 0 aliphatic carbocycles. The third kappa shape index (κ3) is 3.85. The molecule has 1 aromatic carbocycles. The van der Waals surface area contributed by atoms with Gasteiger partial charge >= 0.3 is 5.97 Å². The molecule has 132 valence electrons. The largest absolute Gasteiger partial charge is 0.464 e. The second kappa shape index (κ2) is 7.16. The van der Waals surface area contributed by atoms with Gasteiger partial charge in [-0.15, -0.1) is 0 Å². The van der Waals surface area contributed by atoms with E-state index in [0.717, 1.165) is 11.3 Å². The molecule has 1 aliphatic rings. The van der Waals surface area contributed by atoms with Crippen molar-refractivity contribution >= 4 is 17.6 Å². The molecular formula is C17H19N3O5. The molecule has 3 N–H and O–H groups in total. The van der Waals surface area contributed by atoms with Crippen LogP contribution in [0.5, 0.6) is 11.5 Å². The Morgan fingerprint density at radius 1 is 1.24 bits per heavy atom. The number of aromatic amines is 1. The summed E-state index contributed by atoms with van der Waals surface area (Å²) in [5.74, 6) is 0.689. The van der Waals surface area contributed by atoms with E-state index in [1.807, 2.05) is 25.1 Å². The fourth-order valence-corrected chi connectivity index (χ4v) is 2.48. The predicted octanol–water partition coefficient (Wildman–Crippen LogP) is 1.57. The number of hydrogen-bond acceptors (Lipinski definition) is 6. The Balaban J connectivity index is 1.53. The Morgan fingerprint density at radius 2 is 2.04 bits per heavy atom. The molecular weight excluding hydrogens is 326 g/mol. The Morgan fingerprint density at radius 3 is 2.84 bits per heavy atom. The van der Waals surface area contributed by atoms with Crippen molar-refractivity contribution in [3.05, 3.63) is 41.2 Å². The molecule has 1 aliphatic heterocycles. The third-order valence-electron chi connectivity index (χ3n) is 3.71. The molecule has 3 rings (SSSR count). The van der Waals surface area contributed by atoms with Crippen molar-refractivity contribution in [3.8, 4) is 11.5 Å². The lowest BCUT2D eigenvalue weighted by Crippen LogP contribution is -2.29. The molecule has 0 bridgehead atoms. The fraction of sp³-hybridized carbons (Fsp3) is 0.294. The number of benzene rings is 1. The van der Waals surface area contributed by atoms with Crippen LogP contribution in [0.4, 0.5) is 5.69 Å². The second-order valence-corrected chi connectivity index (χ2v) is 5.55. The number of nitrogens with one attached hydrogen (secondary N) is 3. The summed E-state index contributed by atoms with van der Waals surface area (Å²) < 4.78 is 15.3. The summed E-state index contributed by atoms with van der Waals surface area (Å²) in [6, 6.07) is 7.26. The van der Waals surface area contributed by atoms with E-state index in [0.29, 0.717) is 29.4 Å². The number of hydrogen-bond donors (Lipinski definition) is 3. The molecule has 0 fully saturated rings. The minimum atomic E-state index is -0.489. The Bertz CT molecular complexity index is 800. The van der Waals surface area contributed by atoms with E-state index in [9.17, 15) is 9.59 Å². The second-order valence-electron chi connectivity index (χ2n) is 5.55. The number of H-pyrrole nitrogens is 1. The van der Waals surface area contributed by atoms with E-state index in [2.05, 4.69) is 15.6 Å². The van der Waals surface area contributed by atoms with E-state index in [-0.39, 0.29) is 19.2 Å². The number of rotatable bonds is 6.